The van der Waals surface area contributed by atoms with Crippen LogP contribution in [-0.4, -0.2) is 64.4 Å². The zero-order valence-corrected chi connectivity index (χ0v) is 27.7. The van der Waals surface area contributed by atoms with Crippen LogP contribution in [0.3, 0.4) is 0 Å². The van der Waals surface area contributed by atoms with Gasteiger partial charge in [0.1, 0.15) is 12.5 Å². The predicted molar refractivity (Wildman–Crippen MR) is 176 cm³/mol. The first-order valence-electron chi connectivity index (χ1n) is 15.5. The van der Waals surface area contributed by atoms with Crippen LogP contribution in [0.1, 0.15) is 85.3 Å². The summed E-state index contributed by atoms with van der Waals surface area (Å²) in [5.41, 5.74) is 4.01. The van der Waals surface area contributed by atoms with Crippen molar-refractivity contribution in [1.29, 1.82) is 0 Å². The molecule has 1 fully saturated rings. The molecule has 0 aliphatic carbocycles. The first kappa shape index (κ1) is 36.4. The molecule has 0 N–H and O–H groups in total. The Bertz CT molecular complexity index is 1220. The van der Waals surface area contributed by atoms with Crippen molar-refractivity contribution < 1.29 is 13.6 Å². The van der Waals surface area contributed by atoms with E-state index in [-0.39, 0.29) is 23.2 Å². The van der Waals surface area contributed by atoms with E-state index >= 15 is 0 Å². The van der Waals surface area contributed by atoms with E-state index in [2.05, 4.69) is 44.3 Å². The number of benzene rings is 1. The molecule has 2 aromatic rings. The first-order valence-corrected chi connectivity index (χ1v) is 15.9. The number of piperidine rings is 1. The summed E-state index contributed by atoms with van der Waals surface area (Å²) in [5, 5.41) is 4.41. The Hall–Kier alpha value is -2.77. The maximum atomic E-state index is 13.4. The van der Waals surface area contributed by atoms with Gasteiger partial charge in [-0.05, 0) is 108 Å². The fourth-order valence-corrected chi connectivity index (χ4v) is 5.38. The van der Waals surface area contributed by atoms with E-state index < -0.39 is 5.82 Å². The number of carbonyl (C=O) groups is 1. The minimum absolute atomic E-state index is 0.0844. The summed E-state index contributed by atoms with van der Waals surface area (Å²) in [4.78, 5) is 15.1. The van der Waals surface area contributed by atoms with Crippen molar-refractivity contribution in [2.24, 2.45) is 5.92 Å². The molecule has 2 atom stereocenters. The molecular weight excluding hydrogens is 566 g/mol. The molecule has 1 amide bonds. The van der Waals surface area contributed by atoms with Gasteiger partial charge in [0.15, 0.2) is 0 Å². The van der Waals surface area contributed by atoms with Crippen molar-refractivity contribution in [3.05, 3.63) is 82.9 Å². The van der Waals surface area contributed by atoms with E-state index in [4.69, 9.17) is 11.6 Å². The molecule has 5 nitrogen and oxygen atoms in total. The van der Waals surface area contributed by atoms with Gasteiger partial charge in [-0.1, -0.05) is 55.8 Å². The molecule has 0 bridgehead atoms. The van der Waals surface area contributed by atoms with E-state index in [0.29, 0.717) is 5.92 Å². The molecule has 1 aromatic carbocycles. The number of hydrogen-bond acceptors (Lipinski definition) is 3. The number of amides is 1. The molecule has 3 rings (SSSR count). The fraction of sp³-hybridized carbons (Fsp3) is 0.543. The van der Waals surface area contributed by atoms with Crippen LogP contribution in [-0.2, 0) is 4.79 Å². The molecule has 2 heterocycles. The van der Waals surface area contributed by atoms with Crippen LogP contribution in [0.4, 0.5) is 8.78 Å². The van der Waals surface area contributed by atoms with Crippen LogP contribution >= 0.6 is 11.6 Å². The zero-order valence-electron chi connectivity index (χ0n) is 27.0. The Kier molecular flexibility index (Phi) is 15.4. The Labute approximate surface area is 263 Å². The second-order valence-electron chi connectivity index (χ2n) is 12.0. The second-order valence-corrected chi connectivity index (χ2v) is 12.4. The number of likely N-dealkylation sites (tertiary alicyclic amines) is 1. The highest BCUT2D eigenvalue weighted by Crippen LogP contribution is 2.30. The third-order valence-corrected chi connectivity index (χ3v) is 8.96. The molecule has 1 aliphatic rings. The van der Waals surface area contributed by atoms with Gasteiger partial charge in [0.25, 0.3) is 0 Å². The van der Waals surface area contributed by atoms with Gasteiger partial charge in [0.2, 0.25) is 6.41 Å². The van der Waals surface area contributed by atoms with E-state index in [1.54, 1.807) is 34.0 Å². The van der Waals surface area contributed by atoms with Crippen molar-refractivity contribution in [1.82, 2.24) is 19.6 Å². The molecule has 8 heteroatoms. The summed E-state index contributed by atoms with van der Waals surface area (Å²) < 4.78 is 28.5. The molecule has 1 aromatic heterocycles. The van der Waals surface area contributed by atoms with E-state index in [1.807, 2.05) is 32.1 Å². The highest BCUT2D eigenvalue weighted by Gasteiger charge is 2.31. The van der Waals surface area contributed by atoms with Gasteiger partial charge in [-0.15, -0.1) is 0 Å². The molecule has 43 heavy (non-hydrogen) atoms. The van der Waals surface area contributed by atoms with Crippen molar-refractivity contribution in [3.8, 4) is 5.69 Å². The number of hydrogen-bond donors (Lipinski definition) is 0. The first-order chi connectivity index (χ1) is 20.5. The number of rotatable bonds is 14. The quantitative estimate of drug-likeness (QED) is 0.157. The third kappa shape index (κ3) is 11.0. The number of aromatic nitrogens is 2. The molecule has 1 aliphatic heterocycles. The van der Waals surface area contributed by atoms with Crippen LogP contribution < -0.4 is 0 Å². The van der Waals surface area contributed by atoms with Gasteiger partial charge < -0.3 is 4.90 Å². The van der Waals surface area contributed by atoms with Gasteiger partial charge in [-0.2, -0.15) is 5.10 Å². The average molecular weight is 617 g/mol. The Balaban J connectivity index is 0.000000304. The Morgan fingerprint density at radius 3 is 2.63 bits per heavy atom. The predicted octanol–water partition coefficient (Wildman–Crippen LogP) is 8.94. The summed E-state index contributed by atoms with van der Waals surface area (Å²) in [6.07, 6.45) is 13.6. The van der Waals surface area contributed by atoms with Gasteiger partial charge in [0, 0.05) is 37.1 Å². The minimum Gasteiger partial charge on any atom is -0.346 e. The topological polar surface area (TPSA) is 41.4 Å². The lowest BCUT2D eigenvalue weighted by molar-refractivity contribution is -0.118. The summed E-state index contributed by atoms with van der Waals surface area (Å²) >= 11 is 5.86. The molecule has 0 spiro atoms. The van der Waals surface area contributed by atoms with Crippen molar-refractivity contribution >= 4 is 18.0 Å². The standard InChI is InChI=1S/C18H30FN.C17H21ClFN3O/c1-6-15(3)10-11-16(13-19)17-9-8-12-20(14-17)18(4,5)7-2;1-3-21(12-23)10-4-5-13(2)17-8-9-20-22(17)14-6-7-16(19)15(18)11-14/h6,10-11,17H,1,7-9,12-14H2,2-5H3;6-9,11-13H,3-5,10H2,1-2H3/b15-10-,16-11+;/t17-;/m0./s1. The molecule has 0 radical (unpaired) electrons. The van der Waals surface area contributed by atoms with Crippen molar-refractivity contribution in [2.45, 2.75) is 85.1 Å². The van der Waals surface area contributed by atoms with Crippen molar-refractivity contribution in [3.63, 3.8) is 0 Å². The van der Waals surface area contributed by atoms with Gasteiger partial charge >= 0.3 is 0 Å². The van der Waals surface area contributed by atoms with Gasteiger partial charge in [-0.3, -0.25) is 9.69 Å². The summed E-state index contributed by atoms with van der Waals surface area (Å²) in [6, 6.07) is 6.54. The molecular formula is C35H51ClF2N4O. The Morgan fingerprint density at radius 2 is 2.02 bits per heavy atom. The third-order valence-electron chi connectivity index (χ3n) is 8.67. The molecule has 1 unspecified atom stereocenters. The van der Waals surface area contributed by atoms with Crippen LogP contribution in [0.5, 0.6) is 0 Å². The normalized spacial score (nSPS) is 17.2. The fourth-order valence-electron chi connectivity index (χ4n) is 5.20. The van der Waals surface area contributed by atoms with Gasteiger partial charge in [-0.25, -0.2) is 13.5 Å². The molecule has 1 saturated heterocycles. The number of carbonyl (C=O) groups excluding carboxylic acids is 1. The maximum Gasteiger partial charge on any atom is 0.209 e. The summed E-state index contributed by atoms with van der Waals surface area (Å²) in [6.45, 7) is 19.9. The number of halogens is 3. The van der Waals surface area contributed by atoms with Crippen LogP contribution in [0, 0.1) is 11.7 Å². The van der Waals surface area contributed by atoms with Crippen LogP contribution in [0.15, 0.2) is 66.4 Å². The van der Waals surface area contributed by atoms with Crippen LogP contribution in [0.25, 0.3) is 5.69 Å². The number of alkyl halides is 1. The van der Waals surface area contributed by atoms with Crippen LogP contribution in [0.2, 0.25) is 5.02 Å². The lowest BCUT2D eigenvalue weighted by Gasteiger charge is -2.43. The summed E-state index contributed by atoms with van der Waals surface area (Å²) in [7, 11) is 0. The van der Waals surface area contributed by atoms with E-state index in [1.165, 1.54) is 6.07 Å². The molecule has 0 saturated carbocycles. The zero-order chi connectivity index (χ0) is 32.0. The van der Waals surface area contributed by atoms with Crippen molar-refractivity contribution in [2.75, 3.05) is 32.9 Å². The number of nitrogens with zero attached hydrogens (tertiary/aromatic N) is 4. The monoisotopic (exact) mass is 616 g/mol. The Morgan fingerprint density at radius 1 is 1.28 bits per heavy atom. The lowest BCUT2D eigenvalue weighted by Crippen LogP contribution is -2.49. The summed E-state index contributed by atoms with van der Waals surface area (Å²) in [5.74, 6) is 0.186. The highest BCUT2D eigenvalue weighted by atomic mass is 35.5. The SMILES string of the molecule is C=C/C(C)=C\C=C(/CF)[C@H]1CCCN(C(C)(C)CC)C1.CCN(C=O)CCCC(C)c1ccnn1-c1ccc(F)c(Cl)c1. The molecule has 238 valence electrons. The van der Waals surface area contributed by atoms with E-state index in [0.717, 1.165) is 87.2 Å². The maximum absolute atomic E-state index is 13.4. The number of allylic oxidation sites excluding steroid dienone is 4. The van der Waals surface area contributed by atoms with E-state index in [9.17, 15) is 13.6 Å². The minimum atomic E-state index is -0.439. The smallest absolute Gasteiger partial charge is 0.209 e. The second kappa shape index (κ2) is 18.1. The van der Waals surface area contributed by atoms with Gasteiger partial charge in [0.05, 0.1) is 10.7 Å². The largest absolute Gasteiger partial charge is 0.346 e. The average Bonchev–Trinajstić information content (AvgIpc) is 3.51. The highest BCUT2D eigenvalue weighted by molar-refractivity contribution is 6.30. The lowest BCUT2D eigenvalue weighted by atomic mass is 9.86.